The van der Waals surface area contributed by atoms with Gasteiger partial charge in [-0.25, -0.2) is 9.78 Å². The number of carbonyl (C=O) groups excluding carboxylic acids is 3. The minimum atomic E-state index is -0.674. The number of nitrogens with one attached hydrogen (secondary N) is 2. The fourth-order valence-corrected chi connectivity index (χ4v) is 11.4. The van der Waals surface area contributed by atoms with Gasteiger partial charge < -0.3 is 20.0 Å². The number of hydrogen-bond donors (Lipinski definition) is 2. The van der Waals surface area contributed by atoms with Gasteiger partial charge in [0.2, 0.25) is 11.8 Å². The monoisotopic (exact) mass is 761 g/mol. The van der Waals surface area contributed by atoms with Crippen LogP contribution in [-0.2, 0) is 16.6 Å². The van der Waals surface area contributed by atoms with Crippen LogP contribution in [0.5, 0.6) is 0 Å². The summed E-state index contributed by atoms with van der Waals surface area (Å²) >= 11 is 1.57. The fourth-order valence-electron chi connectivity index (χ4n) is 10.2. The molecule has 14 heteroatoms. The number of aryl methyl sites for hydroxylation is 1. The summed E-state index contributed by atoms with van der Waals surface area (Å²) < 4.78 is 4.29. The molecule has 2 atom stereocenters. The molecule has 1 spiro atoms. The molecule has 3 amide bonds. The molecule has 0 radical (unpaired) electrons. The van der Waals surface area contributed by atoms with Crippen molar-refractivity contribution in [1.29, 1.82) is 0 Å². The quantitative estimate of drug-likeness (QED) is 0.259. The first-order valence-electron chi connectivity index (χ1n) is 19.7. The third-order valence-corrected chi connectivity index (χ3v) is 14.4. The number of amides is 3. The summed E-state index contributed by atoms with van der Waals surface area (Å²) in [5.74, 6) is 0.341. The highest BCUT2D eigenvalue weighted by Crippen LogP contribution is 2.52. The number of rotatable bonds is 4. The van der Waals surface area contributed by atoms with Crippen molar-refractivity contribution < 1.29 is 14.4 Å². The van der Waals surface area contributed by atoms with Crippen molar-refractivity contribution >= 4 is 78.3 Å². The Morgan fingerprint density at radius 1 is 0.873 bits per heavy atom. The molecule has 55 heavy (non-hydrogen) atoms. The molecule has 1 aliphatic carbocycles. The van der Waals surface area contributed by atoms with Gasteiger partial charge in [-0.05, 0) is 86.9 Å². The van der Waals surface area contributed by atoms with Gasteiger partial charge in [0.25, 0.3) is 5.91 Å². The Hall–Kier alpha value is -4.95. The van der Waals surface area contributed by atoms with Gasteiger partial charge in [0, 0.05) is 99.6 Å². The summed E-state index contributed by atoms with van der Waals surface area (Å²) in [7, 11) is 3.83. The molecule has 1 unspecified atom stereocenters. The highest BCUT2D eigenvalue weighted by atomic mass is 32.1. The average Bonchev–Trinajstić information content (AvgIpc) is 3.65. The van der Waals surface area contributed by atoms with Crippen LogP contribution >= 0.6 is 11.3 Å². The van der Waals surface area contributed by atoms with Crippen LogP contribution in [0.25, 0.3) is 32.0 Å². The Labute approximate surface area is 322 Å². The number of benzene rings is 2. The van der Waals surface area contributed by atoms with Gasteiger partial charge in [-0.1, -0.05) is 0 Å². The lowest BCUT2D eigenvalue weighted by Crippen LogP contribution is -2.59. The molecule has 0 bridgehead atoms. The summed E-state index contributed by atoms with van der Waals surface area (Å²) in [6.07, 6.45) is 5.40. The average molecular weight is 762 g/mol. The molecule has 13 nitrogen and oxygen atoms in total. The smallest absolute Gasteiger partial charge is 0.329 e. The molecule has 2 N–H and O–H groups in total. The number of likely N-dealkylation sites (N-methyl/N-ethyl adjacent to an activating group) is 1. The number of thiophene rings is 1. The normalized spacial score (nSPS) is 23.7. The van der Waals surface area contributed by atoms with E-state index in [1.165, 1.54) is 25.7 Å². The topological polar surface area (TPSA) is 128 Å². The van der Waals surface area contributed by atoms with E-state index in [0.29, 0.717) is 17.9 Å². The Bertz CT molecular complexity index is 2460. The highest BCUT2D eigenvalue weighted by molar-refractivity contribution is 7.21. The van der Waals surface area contributed by atoms with Crippen molar-refractivity contribution in [2.45, 2.75) is 63.6 Å². The minimum Gasteiger partial charge on any atom is -0.371 e. The zero-order valence-corrected chi connectivity index (χ0v) is 32.5. The number of aromatic nitrogens is 3. The van der Waals surface area contributed by atoms with Crippen molar-refractivity contribution in [1.82, 2.24) is 29.7 Å². The van der Waals surface area contributed by atoms with Crippen LogP contribution in [0.15, 0.2) is 47.3 Å². The first-order chi connectivity index (χ1) is 26.6. The van der Waals surface area contributed by atoms with Crippen LogP contribution in [0.4, 0.5) is 17.2 Å². The van der Waals surface area contributed by atoms with E-state index >= 15 is 0 Å². The highest BCUT2D eigenvalue weighted by Gasteiger charge is 2.48. The number of imide groups is 1. The maximum absolute atomic E-state index is 13.3. The molecule has 5 aliphatic rings. The predicted octanol–water partition coefficient (Wildman–Crippen LogP) is 4.22. The van der Waals surface area contributed by atoms with Gasteiger partial charge in [0.05, 0.1) is 22.2 Å². The zero-order chi connectivity index (χ0) is 37.7. The molecular weight excluding hydrogens is 715 g/mol. The Balaban J connectivity index is 0.767. The Kier molecular flexibility index (Phi) is 8.04. The third-order valence-electron chi connectivity index (χ3n) is 13.3. The number of fused-ring (bicyclic) bond motifs is 6. The second kappa shape index (κ2) is 12.8. The number of nitrogens with zero attached hydrogens (tertiary/aromatic N) is 7. The largest absolute Gasteiger partial charge is 0.371 e. The number of piperazine rings is 1. The summed E-state index contributed by atoms with van der Waals surface area (Å²) in [6, 6.07) is 14.8. The maximum atomic E-state index is 13.3. The van der Waals surface area contributed by atoms with E-state index in [1.807, 2.05) is 6.07 Å². The van der Waals surface area contributed by atoms with Crippen molar-refractivity contribution in [3.8, 4) is 0 Å². The van der Waals surface area contributed by atoms with Gasteiger partial charge in [-0.2, -0.15) is 0 Å². The number of hydrogen-bond acceptors (Lipinski definition) is 10. The van der Waals surface area contributed by atoms with E-state index < -0.39 is 11.9 Å². The molecule has 10 rings (SSSR count). The SMILES string of the molecule is C[C@@H]1CN(C)c2c(sc3ccc4nc(N5CCN(C6CC7(CCN(c8ccc9c(c8)n(C)c(=O)n9C8CCC(=O)NC8=O)CC7)C6)CC5)ccc4c23)C(=O)N1. The van der Waals surface area contributed by atoms with E-state index in [1.54, 1.807) is 27.5 Å². The standard InChI is InChI=1S/C41H47N9O4S/c1-24-23-45(2)36-35-27-5-10-33(43-28(27)6-9-32(35)55-37(36)39(53)42-24)49-18-16-48(17-19-49)26-21-41(22-26)12-14-47(15-13-41)25-4-7-29-31(20-25)46(3)40(54)50(29)30-8-11-34(51)44-38(30)52/h4-7,9-10,20,24,26,30H,8,11-19,21-23H2,1-3H3,(H,42,53)(H,44,51,52)/t24-,30?/m1/s1. The number of piperidine rings is 2. The first kappa shape index (κ1) is 34.5. The summed E-state index contributed by atoms with van der Waals surface area (Å²) in [5, 5.41) is 7.76. The lowest BCUT2D eigenvalue weighted by molar-refractivity contribution is -0.135. The van der Waals surface area contributed by atoms with E-state index in [2.05, 4.69) is 80.6 Å². The molecule has 3 saturated heterocycles. The van der Waals surface area contributed by atoms with Crippen molar-refractivity contribution in [3.05, 3.63) is 57.8 Å². The van der Waals surface area contributed by atoms with Crippen molar-refractivity contribution in [3.63, 3.8) is 0 Å². The summed E-state index contributed by atoms with van der Waals surface area (Å²) in [4.78, 5) is 66.3. The summed E-state index contributed by atoms with van der Waals surface area (Å²) in [6.45, 7) is 8.81. The third kappa shape index (κ3) is 5.62. The number of pyridine rings is 1. The maximum Gasteiger partial charge on any atom is 0.329 e. The molecule has 2 aromatic carbocycles. The van der Waals surface area contributed by atoms with Gasteiger partial charge in [-0.3, -0.25) is 33.7 Å². The second-order valence-corrected chi connectivity index (χ2v) is 17.7. The molecule has 4 aliphatic heterocycles. The van der Waals surface area contributed by atoms with Crippen LogP contribution in [0.2, 0.25) is 0 Å². The second-order valence-electron chi connectivity index (χ2n) is 16.6. The molecular formula is C41H47N9O4S. The predicted molar refractivity (Wildman–Crippen MR) is 217 cm³/mol. The van der Waals surface area contributed by atoms with Crippen molar-refractivity contribution in [2.75, 3.05) is 67.6 Å². The lowest BCUT2D eigenvalue weighted by atomic mass is 9.60. The number of carbonyl (C=O) groups is 3. The molecule has 286 valence electrons. The van der Waals surface area contributed by atoms with Crippen LogP contribution in [0.1, 0.15) is 61.2 Å². The molecule has 1 saturated carbocycles. The van der Waals surface area contributed by atoms with Crippen LogP contribution in [0.3, 0.4) is 0 Å². The number of imidazole rings is 1. The lowest BCUT2D eigenvalue weighted by Gasteiger charge is -2.56. The fraction of sp³-hybridized carbons (Fsp3) is 0.488. The van der Waals surface area contributed by atoms with E-state index in [4.69, 9.17) is 4.98 Å². The van der Waals surface area contributed by atoms with E-state index in [-0.39, 0.29) is 30.0 Å². The number of anilines is 3. The van der Waals surface area contributed by atoms with Gasteiger partial charge >= 0.3 is 5.69 Å². The Morgan fingerprint density at radius 2 is 1.65 bits per heavy atom. The van der Waals surface area contributed by atoms with E-state index in [9.17, 15) is 19.2 Å². The van der Waals surface area contributed by atoms with Gasteiger partial charge in [-0.15, -0.1) is 11.3 Å². The first-order valence-corrected chi connectivity index (χ1v) is 20.5. The van der Waals surface area contributed by atoms with Gasteiger partial charge in [0.15, 0.2) is 0 Å². The molecule has 5 aromatic rings. The molecule has 7 heterocycles. The van der Waals surface area contributed by atoms with Crippen LogP contribution < -0.4 is 31.0 Å². The minimum absolute atomic E-state index is 0.0112. The van der Waals surface area contributed by atoms with Crippen LogP contribution in [-0.4, -0.2) is 102 Å². The van der Waals surface area contributed by atoms with Crippen molar-refractivity contribution in [2.24, 2.45) is 12.5 Å². The summed E-state index contributed by atoms with van der Waals surface area (Å²) in [5.41, 5.74) is 4.81. The van der Waals surface area contributed by atoms with Gasteiger partial charge in [0.1, 0.15) is 16.7 Å². The zero-order valence-electron chi connectivity index (χ0n) is 31.6. The molecule has 3 aromatic heterocycles. The van der Waals surface area contributed by atoms with E-state index in [0.717, 1.165) is 99.9 Å². The molecule has 4 fully saturated rings. The van der Waals surface area contributed by atoms with Crippen LogP contribution in [0, 0.1) is 5.41 Å². The Morgan fingerprint density at radius 3 is 2.42 bits per heavy atom.